The Hall–Kier alpha value is -3.87. The van der Waals surface area contributed by atoms with Gasteiger partial charge in [-0.3, -0.25) is 0 Å². The van der Waals surface area contributed by atoms with Crippen molar-refractivity contribution in [2.24, 2.45) is 0 Å². The number of aromatic nitrogens is 2. The van der Waals surface area contributed by atoms with E-state index in [4.69, 9.17) is 24.0 Å². The Morgan fingerprint density at radius 1 is 0.882 bits per heavy atom. The van der Waals surface area contributed by atoms with E-state index in [1.807, 2.05) is 34.8 Å². The highest BCUT2D eigenvalue weighted by atomic mass is 16.5. The number of ether oxygens (including phenoxy) is 4. The predicted molar refractivity (Wildman–Crippen MR) is 133 cm³/mol. The SMILES string of the molecule is COc1cccc(-c2cc3cc4c(c(NCc5cc(OC)c(OC)c(OC)c5)n3n2)CCC4)c1. The molecule has 0 fully saturated rings. The van der Waals surface area contributed by atoms with E-state index < -0.39 is 0 Å². The fourth-order valence-electron chi connectivity index (χ4n) is 4.71. The third-order valence-corrected chi connectivity index (χ3v) is 6.37. The van der Waals surface area contributed by atoms with Crippen LogP contribution in [0.15, 0.2) is 48.5 Å². The van der Waals surface area contributed by atoms with Crippen LogP contribution in [0.2, 0.25) is 0 Å². The zero-order valence-corrected chi connectivity index (χ0v) is 20.0. The second-order valence-corrected chi connectivity index (χ2v) is 8.34. The molecule has 2 aromatic carbocycles. The number of anilines is 1. The molecule has 34 heavy (non-hydrogen) atoms. The van der Waals surface area contributed by atoms with E-state index in [-0.39, 0.29) is 0 Å². The van der Waals surface area contributed by atoms with Gasteiger partial charge in [-0.2, -0.15) is 5.10 Å². The summed E-state index contributed by atoms with van der Waals surface area (Å²) in [7, 11) is 6.55. The number of methoxy groups -OCH3 is 4. The zero-order valence-electron chi connectivity index (χ0n) is 20.0. The zero-order chi connectivity index (χ0) is 23.7. The minimum absolute atomic E-state index is 0.590. The van der Waals surface area contributed by atoms with Crippen molar-refractivity contribution in [3.05, 3.63) is 65.2 Å². The van der Waals surface area contributed by atoms with Crippen LogP contribution in [0, 0.1) is 0 Å². The predicted octanol–water partition coefficient (Wildman–Crippen LogP) is 5.14. The highest BCUT2D eigenvalue weighted by Crippen LogP contribution is 2.39. The molecule has 1 aliphatic rings. The molecule has 176 valence electrons. The standard InChI is InChI=1S/C27H29N3O4/c1-31-21-9-5-8-19(14-21)23-15-20-13-18-7-6-10-22(18)27(30(20)29-23)28-16-17-11-24(32-2)26(34-4)25(12-17)33-3/h5,8-9,11-15,28H,6-7,10,16H2,1-4H3. The third kappa shape index (κ3) is 3.87. The van der Waals surface area contributed by atoms with E-state index in [2.05, 4.69) is 23.5 Å². The maximum atomic E-state index is 5.53. The van der Waals surface area contributed by atoms with Crippen molar-refractivity contribution in [1.29, 1.82) is 0 Å². The molecular weight excluding hydrogens is 430 g/mol. The summed E-state index contributed by atoms with van der Waals surface area (Å²) in [6.45, 7) is 0.594. The maximum absolute atomic E-state index is 5.53. The van der Waals surface area contributed by atoms with Gasteiger partial charge in [0.1, 0.15) is 11.6 Å². The molecule has 0 unspecified atom stereocenters. The molecule has 0 saturated heterocycles. The van der Waals surface area contributed by atoms with Gasteiger partial charge < -0.3 is 24.3 Å². The second-order valence-electron chi connectivity index (χ2n) is 8.34. The molecule has 0 saturated carbocycles. The van der Waals surface area contributed by atoms with Crippen LogP contribution in [0.25, 0.3) is 16.8 Å². The lowest BCUT2D eigenvalue weighted by molar-refractivity contribution is 0.324. The Morgan fingerprint density at radius 3 is 2.38 bits per heavy atom. The molecule has 0 aliphatic heterocycles. The molecular formula is C27H29N3O4. The number of nitrogens with zero attached hydrogens (tertiary/aromatic N) is 2. The van der Waals surface area contributed by atoms with Gasteiger partial charge in [0.05, 0.1) is 39.6 Å². The first-order chi connectivity index (χ1) is 16.6. The Kier molecular flexibility index (Phi) is 5.92. The Labute approximate surface area is 199 Å². The largest absolute Gasteiger partial charge is 0.497 e. The van der Waals surface area contributed by atoms with Gasteiger partial charge in [-0.1, -0.05) is 12.1 Å². The minimum atomic E-state index is 0.590. The normalized spacial score (nSPS) is 12.5. The van der Waals surface area contributed by atoms with Crippen molar-refractivity contribution in [3.63, 3.8) is 0 Å². The minimum Gasteiger partial charge on any atom is -0.497 e. The van der Waals surface area contributed by atoms with Crippen LogP contribution in [0.4, 0.5) is 5.82 Å². The quantitative estimate of drug-likeness (QED) is 0.394. The molecule has 0 amide bonds. The summed E-state index contributed by atoms with van der Waals surface area (Å²) in [5.74, 6) is 3.72. The third-order valence-electron chi connectivity index (χ3n) is 6.37. The molecule has 1 aliphatic carbocycles. The van der Waals surface area contributed by atoms with Crippen molar-refractivity contribution in [1.82, 2.24) is 9.61 Å². The summed E-state index contributed by atoms with van der Waals surface area (Å²) in [4.78, 5) is 0. The molecule has 2 aromatic heterocycles. The molecule has 2 heterocycles. The smallest absolute Gasteiger partial charge is 0.203 e. The van der Waals surface area contributed by atoms with E-state index in [0.717, 1.165) is 53.2 Å². The number of pyridine rings is 1. The van der Waals surface area contributed by atoms with E-state index in [1.54, 1.807) is 28.4 Å². The van der Waals surface area contributed by atoms with Gasteiger partial charge in [-0.15, -0.1) is 0 Å². The second kappa shape index (κ2) is 9.17. The molecule has 7 nitrogen and oxygen atoms in total. The summed E-state index contributed by atoms with van der Waals surface area (Å²) in [6, 6.07) is 16.3. The van der Waals surface area contributed by atoms with Crippen molar-refractivity contribution in [3.8, 4) is 34.3 Å². The van der Waals surface area contributed by atoms with Crippen LogP contribution in [0.3, 0.4) is 0 Å². The lowest BCUT2D eigenvalue weighted by Gasteiger charge is -2.16. The molecule has 5 rings (SSSR count). The van der Waals surface area contributed by atoms with Crippen LogP contribution in [-0.4, -0.2) is 38.1 Å². The highest BCUT2D eigenvalue weighted by Gasteiger charge is 2.21. The summed E-state index contributed by atoms with van der Waals surface area (Å²) < 4.78 is 23.9. The van der Waals surface area contributed by atoms with Crippen LogP contribution in [0.5, 0.6) is 23.0 Å². The van der Waals surface area contributed by atoms with Crippen molar-refractivity contribution < 1.29 is 18.9 Å². The van der Waals surface area contributed by atoms with E-state index in [1.165, 1.54) is 11.1 Å². The van der Waals surface area contributed by atoms with Crippen molar-refractivity contribution in [2.45, 2.75) is 25.8 Å². The Morgan fingerprint density at radius 2 is 1.68 bits per heavy atom. The molecule has 0 radical (unpaired) electrons. The van der Waals surface area contributed by atoms with Crippen LogP contribution in [0.1, 0.15) is 23.1 Å². The molecule has 4 aromatic rings. The van der Waals surface area contributed by atoms with Crippen LogP contribution in [-0.2, 0) is 19.4 Å². The van der Waals surface area contributed by atoms with Gasteiger partial charge in [0, 0.05) is 12.1 Å². The number of nitrogens with one attached hydrogen (secondary N) is 1. The first-order valence-electron chi connectivity index (χ1n) is 11.4. The van der Waals surface area contributed by atoms with Crippen molar-refractivity contribution >= 4 is 11.3 Å². The number of hydrogen-bond donors (Lipinski definition) is 1. The first kappa shape index (κ1) is 21.9. The van der Waals surface area contributed by atoms with Gasteiger partial charge >= 0.3 is 0 Å². The lowest BCUT2D eigenvalue weighted by Crippen LogP contribution is -2.09. The van der Waals surface area contributed by atoms with E-state index in [0.29, 0.717) is 23.8 Å². The van der Waals surface area contributed by atoms with Gasteiger partial charge in [0.25, 0.3) is 0 Å². The summed E-state index contributed by atoms with van der Waals surface area (Å²) in [5, 5.41) is 8.63. The van der Waals surface area contributed by atoms with E-state index >= 15 is 0 Å². The molecule has 0 spiro atoms. The number of fused-ring (bicyclic) bond motifs is 2. The van der Waals surface area contributed by atoms with Crippen LogP contribution >= 0.6 is 0 Å². The first-order valence-corrected chi connectivity index (χ1v) is 11.4. The molecule has 0 bridgehead atoms. The average Bonchev–Trinajstić information content (AvgIpc) is 3.52. The maximum Gasteiger partial charge on any atom is 0.203 e. The fraction of sp³-hybridized carbons (Fsp3) is 0.296. The van der Waals surface area contributed by atoms with E-state index in [9.17, 15) is 0 Å². The van der Waals surface area contributed by atoms with Gasteiger partial charge in [-0.25, -0.2) is 4.52 Å². The molecule has 1 N–H and O–H groups in total. The summed E-state index contributed by atoms with van der Waals surface area (Å²) in [6.07, 6.45) is 3.28. The van der Waals surface area contributed by atoms with Gasteiger partial charge in [-0.05, 0) is 72.4 Å². The number of hydrogen-bond acceptors (Lipinski definition) is 6. The Balaban J connectivity index is 1.53. The highest BCUT2D eigenvalue weighted by molar-refractivity contribution is 5.71. The number of benzene rings is 2. The monoisotopic (exact) mass is 459 g/mol. The topological polar surface area (TPSA) is 66.2 Å². The average molecular weight is 460 g/mol. The van der Waals surface area contributed by atoms with Gasteiger partial charge in [0.15, 0.2) is 11.5 Å². The van der Waals surface area contributed by atoms with Crippen molar-refractivity contribution in [2.75, 3.05) is 33.8 Å². The number of rotatable bonds is 8. The van der Waals surface area contributed by atoms with Crippen LogP contribution < -0.4 is 24.3 Å². The summed E-state index contributed by atoms with van der Waals surface area (Å²) >= 11 is 0. The summed E-state index contributed by atoms with van der Waals surface area (Å²) in [5.41, 5.74) is 6.76. The van der Waals surface area contributed by atoms with Gasteiger partial charge in [0.2, 0.25) is 5.75 Å². The Bertz CT molecular complexity index is 1320. The molecule has 0 atom stereocenters. The molecule has 7 heteroatoms. The fourth-order valence-corrected chi connectivity index (χ4v) is 4.71. The lowest BCUT2D eigenvalue weighted by atomic mass is 10.1. The number of aryl methyl sites for hydroxylation is 1.